The van der Waals surface area contributed by atoms with E-state index < -0.39 is 11.9 Å². The Morgan fingerprint density at radius 2 is 2.00 bits per heavy atom. The molecule has 0 saturated heterocycles. The van der Waals surface area contributed by atoms with Crippen LogP contribution in [0.15, 0.2) is 53.5 Å². The molecule has 0 bridgehead atoms. The van der Waals surface area contributed by atoms with Crippen molar-refractivity contribution in [3.05, 3.63) is 81.1 Å². The monoisotopic (exact) mass is 423 g/mol. The highest BCUT2D eigenvalue weighted by Crippen LogP contribution is 2.20. The number of aromatic nitrogens is 2. The van der Waals surface area contributed by atoms with Gasteiger partial charge in [-0.1, -0.05) is 31.5 Å². The minimum Gasteiger partial charge on any atom is -0.478 e. The van der Waals surface area contributed by atoms with E-state index in [0.29, 0.717) is 24.1 Å². The number of imidazole rings is 1. The summed E-state index contributed by atoms with van der Waals surface area (Å²) >= 11 is 1.54. The number of carboxylic acid groups (broad SMARTS) is 1. The van der Waals surface area contributed by atoms with Gasteiger partial charge < -0.3 is 15.4 Å². The summed E-state index contributed by atoms with van der Waals surface area (Å²) in [4.78, 5) is 28.7. The van der Waals surface area contributed by atoms with Crippen LogP contribution in [0.4, 0.5) is 0 Å². The predicted octanol–water partition coefficient (Wildman–Crippen LogP) is 4.15. The van der Waals surface area contributed by atoms with Gasteiger partial charge in [0.1, 0.15) is 5.82 Å². The van der Waals surface area contributed by atoms with Crippen molar-refractivity contribution >= 4 is 29.3 Å². The van der Waals surface area contributed by atoms with Crippen LogP contribution in [0.2, 0.25) is 0 Å². The average Bonchev–Trinajstić information content (AvgIpc) is 3.37. The van der Waals surface area contributed by atoms with Crippen molar-refractivity contribution in [2.75, 3.05) is 0 Å². The maximum atomic E-state index is 11.8. The molecule has 6 nitrogen and oxygen atoms in total. The van der Waals surface area contributed by atoms with Gasteiger partial charge in [0.2, 0.25) is 5.91 Å². The summed E-state index contributed by atoms with van der Waals surface area (Å²) in [6, 6.07) is 11.0. The number of aliphatic carboxylic acids is 1. The Balaban J connectivity index is 1.94. The van der Waals surface area contributed by atoms with Crippen LogP contribution in [0.5, 0.6) is 0 Å². The van der Waals surface area contributed by atoms with E-state index in [2.05, 4.69) is 11.9 Å². The number of amides is 1. The number of carboxylic acids is 1. The molecule has 7 heteroatoms. The number of nitrogens with two attached hydrogens (primary N) is 1. The maximum absolute atomic E-state index is 11.8. The van der Waals surface area contributed by atoms with Crippen LogP contribution in [0, 0.1) is 0 Å². The Bertz CT molecular complexity index is 1030. The van der Waals surface area contributed by atoms with Gasteiger partial charge in [0.05, 0.1) is 11.9 Å². The average molecular weight is 424 g/mol. The van der Waals surface area contributed by atoms with Crippen molar-refractivity contribution in [2.24, 2.45) is 5.73 Å². The second-order valence-electron chi connectivity index (χ2n) is 7.08. The highest BCUT2D eigenvalue weighted by molar-refractivity contribution is 7.09. The molecule has 0 fully saturated rings. The van der Waals surface area contributed by atoms with Gasteiger partial charge in [-0.25, -0.2) is 9.78 Å². The number of benzene rings is 1. The number of hydrogen-bond donors (Lipinski definition) is 2. The third-order valence-corrected chi connectivity index (χ3v) is 5.72. The highest BCUT2D eigenvalue weighted by Gasteiger charge is 2.14. The van der Waals surface area contributed by atoms with Crippen molar-refractivity contribution in [1.29, 1.82) is 0 Å². The van der Waals surface area contributed by atoms with Crippen molar-refractivity contribution in [2.45, 2.75) is 39.2 Å². The fraction of sp³-hybridized carbons (Fsp3) is 0.261. The summed E-state index contributed by atoms with van der Waals surface area (Å²) < 4.78 is 2.05. The van der Waals surface area contributed by atoms with Crippen LogP contribution in [0.1, 0.15) is 52.1 Å². The fourth-order valence-corrected chi connectivity index (χ4v) is 3.91. The van der Waals surface area contributed by atoms with Crippen LogP contribution in [0.3, 0.4) is 0 Å². The number of primary amides is 1. The van der Waals surface area contributed by atoms with Crippen molar-refractivity contribution in [3.63, 3.8) is 0 Å². The molecule has 1 amide bonds. The quantitative estimate of drug-likeness (QED) is 0.479. The zero-order chi connectivity index (χ0) is 21.5. The molecule has 0 aliphatic rings. The lowest BCUT2D eigenvalue weighted by Crippen LogP contribution is -2.12. The van der Waals surface area contributed by atoms with Gasteiger partial charge in [-0.2, -0.15) is 0 Å². The molecular formula is C23H25N3O3S. The van der Waals surface area contributed by atoms with Crippen molar-refractivity contribution in [3.8, 4) is 0 Å². The standard InChI is InChI=1S/C23H25N3O3S/c1-2-3-6-21-25-14-19(12-18(23(28)29)13-20-5-4-11-30-20)26(21)15-16-7-9-17(10-8-16)22(24)27/h4-5,7-12,14H,2-3,6,13,15H2,1H3,(H2,24,27)(H,28,29)/b18-12+. The molecule has 0 atom stereocenters. The molecule has 156 valence electrons. The Morgan fingerprint density at radius 1 is 1.23 bits per heavy atom. The van der Waals surface area contributed by atoms with Gasteiger partial charge in [-0.05, 0) is 41.6 Å². The number of unbranched alkanes of at least 4 members (excludes halogenated alkanes) is 1. The largest absolute Gasteiger partial charge is 0.478 e. The number of carbonyl (C=O) groups excluding carboxylic acids is 1. The minimum atomic E-state index is -0.933. The number of aryl methyl sites for hydroxylation is 1. The lowest BCUT2D eigenvalue weighted by Gasteiger charge is -2.12. The summed E-state index contributed by atoms with van der Waals surface area (Å²) in [6.45, 7) is 2.66. The summed E-state index contributed by atoms with van der Waals surface area (Å²) in [5, 5.41) is 11.6. The van der Waals surface area contributed by atoms with Crippen LogP contribution in [-0.2, 0) is 24.2 Å². The van der Waals surface area contributed by atoms with Gasteiger partial charge >= 0.3 is 5.97 Å². The zero-order valence-electron chi connectivity index (χ0n) is 16.9. The molecular weight excluding hydrogens is 398 g/mol. The molecule has 30 heavy (non-hydrogen) atoms. The Hall–Kier alpha value is -3.19. The number of hydrogen-bond acceptors (Lipinski definition) is 4. The first kappa shape index (κ1) is 21.5. The molecule has 0 unspecified atom stereocenters. The predicted molar refractivity (Wildman–Crippen MR) is 119 cm³/mol. The summed E-state index contributed by atoms with van der Waals surface area (Å²) in [7, 11) is 0. The van der Waals surface area contributed by atoms with Gasteiger partial charge in [-0.3, -0.25) is 4.79 Å². The topological polar surface area (TPSA) is 98.2 Å². The van der Waals surface area contributed by atoms with Gasteiger partial charge in [0, 0.05) is 35.4 Å². The molecule has 2 aromatic heterocycles. The first-order valence-corrected chi connectivity index (χ1v) is 10.7. The van der Waals surface area contributed by atoms with Gasteiger partial charge in [-0.15, -0.1) is 11.3 Å². The van der Waals surface area contributed by atoms with Gasteiger partial charge in [0.25, 0.3) is 0 Å². The first-order chi connectivity index (χ1) is 14.5. The minimum absolute atomic E-state index is 0.324. The molecule has 0 saturated carbocycles. The molecule has 3 rings (SSSR count). The third-order valence-electron chi connectivity index (χ3n) is 4.84. The maximum Gasteiger partial charge on any atom is 0.332 e. The van der Waals surface area contributed by atoms with E-state index in [9.17, 15) is 14.7 Å². The van der Waals surface area contributed by atoms with Gasteiger partial charge in [0.15, 0.2) is 0 Å². The third kappa shape index (κ3) is 5.45. The SMILES string of the molecule is CCCCc1ncc(/C=C(\Cc2cccs2)C(=O)O)n1Cc1ccc(C(N)=O)cc1. The van der Waals surface area contributed by atoms with Crippen LogP contribution < -0.4 is 5.73 Å². The fourth-order valence-electron chi connectivity index (χ4n) is 3.19. The summed E-state index contributed by atoms with van der Waals surface area (Å²) in [6.07, 6.45) is 6.68. The molecule has 0 aliphatic heterocycles. The molecule has 0 aliphatic carbocycles. The van der Waals surface area contributed by atoms with Crippen molar-refractivity contribution < 1.29 is 14.7 Å². The Kier molecular flexibility index (Phi) is 7.19. The summed E-state index contributed by atoms with van der Waals surface area (Å²) in [5.41, 5.74) is 7.85. The van der Waals surface area contributed by atoms with E-state index in [0.717, 1.165) is 41.2 Å². The van der Waals surface area contributed by atoms with E-state index in [1.54, 1.807) is 35.7 Å². The number of rotatable bonds is 10. The molecule has 3 aromatic rings. The Labute approximate surface area is 179 Å². The molecule has 1 aromatic carbocycles. The summed E-state index contributed by atoms with van der Waals surface area (Å²) in [5.74, 6) is -0.476. The lowest BCUT2D eigenvalue weighted by atomic mass is 10.1. The van der Waals surface area contributed by atoms with E-state index in [1.807, 2.05) is 34.2 Å². The number of carbonyl (C=O) groups is 2. The molecule has 0 spiro atoms. The number of nitrogens with zero attached hydrogens (tertiary/aromatic N) is 2. The van der Waals surface area contributed by atoms with Crippen molar-refractivity contribution in [1.82, 2.24) is 9.55 Å². The molecule has 2 heterocycles. The molecule has 0 radical (unpaired) electrons. The highest BCUT2D eigenvalue weighted by atomic mass is 32.1. The van der Waals surface area contributed by atoms with Crippen LogP contribution in [0.25, 0.3) is 6.08 Å². The van der Waals surface area contributed by atoms with Crippen LogP contribution in [-0.4, -0.2) is 26.5 Å². The van der Waals surface area contributed by atoms with E-state index >= 15 is 0 Å². The second kappa shape index (κ2) is 10.0. The van der Waals surface area contributed by atoms with E-state index in [-0.39, 0.29) is 0 Å². The Morgan fingerprint density at radius 3 is 2.60 bits per heavy atom. The first-order valence-electron chi connectivity index (χ1n) is 9.87. The lowest BCUT2D eigenvalue weighted by molar-refractivity contribution is -0.132. The molecule has 3 N–H and O–H groups in total. The normalized spacial score (nSPS) is 11.6. The zero-order valence-corrected chi connectivity index (χ0v) is 17.7. The number of thiophene rings is 1. The van der Waals surface area contributed by atoms with E-state index in [1.165, 1.54) is 0 Å². The van der Waals surface area contributed by atoms with E-state index in [4.69, 9.17) is 5.73 Å². The van der Waals surface area contributed by atoms with Crippen LogP contribution >= 0.6 is 11.3 Å². The second-order valence-corrected chi connectivity index (χ2v) is 8.11. The smallest absolute Gasteiger partial charge is 0.332 e.